The molecule has 3 rings (SSSR count). The van der Waals surface area contributed by atoms with Crippen LogP contribution in [0, 0.1) is 5.41 Å². The predicted molar refractivity (Wildman–Crippen MR) is 148 cm³/mol. The van der Waals surface area contributed by atoms with Crippen molar-refractivity contribution < 1.29 is 9.59 Å². The van der Waals surface area contributed by atoms with Gasteiger partial charge in [0.15, 0.2) is 0 Å². The first kappa shape index (κ1) is 28.0. The van der Waals surface area contributed by atoms with Gasteiger partial charge in [0.1, 0.15) is 18.0 Å². The van der Waals surface area contributed by atoms with Gasteiger partial charge in [0.2, 0.25) is 5.91 Å². The molecule has 0 unspecified atom stereocenters. The number of benzene rings is 1. The number of nitrogens with zero attached hydrogens (tertiary/aromatic N) is 7. The van der Waals surface area contributed by atoms with Crippen LogP contribution < -0.4 is 15.1 Å². The number of hydrogen-bond donors (Lipinski definition) is 2. The normalized spacial score (nSPS) is 13.7. The van der Waals surface area contributed by atoms with Gasteiger partial charge in [-0.25, -0.2) is 9.97 Å². The largest absolute Gasteiger partial charge is 0.372 e. The molecular formula is C26H39N9O2. The van der Waals surface area contributed by atoms with E-state index in [-0.39, 0.29) is 11.8 Å². The summed E-state index contributed by atoms with van der Waals surface area (Å²) in [6.45, 7) is 4.36. The number of hydrogen-bond acceptors (Lipinski definition) is 9. The van der Waals surface area contributed by atoms with Gasteiger partial charge < -0.3 is 35.2 Å². The molecule has 1 aliphatic rings. The summed E-state index contributed by atoms with van der Waals surface area (Å²) in [7, 11) is 9.65. The number of nitrogens with one attached hydrogen (secondary N) is 2. The van der Waals surface area contributed by atoms with Crippen LogP contribution in [0.2, 0.25) is 0 Å². The Balaban J connectivity index is 1.66. The maximum atomic E-state index is 13.2. The molecule has 200 valence electrons. The highest BCUT2D eigenvalue weighted by molar-refractivity contribution is 5.97. The van der Waals surface area contributed by atoms with E-state index in [1.807, 2.05) is 62.3 Å². The average molecular weight is 510 g/mol. The fourth-order valence-corrected chi connectivity index (χ4v) is 4.21. The third kappa shape index (κ3) is 7.23. The van der Waals surface area contributed by atoms with Crippen LogP contribution in [-0.2, 0) is 4.79 Å². The van der Waals surface area contributed by atoms with Crippen molar-refractivity contribution in [1.29, 1.82) is 5.41 Å². The summed E-state index contributed by atoms with van der Waals surface area (Å²) in [6.07, 6.45) is 3.18. The first-order valence-electron chi connectivity index (χ1n) is 12.5. The number of anilines is 3. The van der Waals surface area contributed by atoms with E-state index in [2.05, 4.69) is 25.1 Å². The Morgan fingerprint density at radius 1 is 0.973 bits per heavy atom. The van der Waals surface area contributed by atoms with Gasteiger partial charge in [-0.1, -0.05) is 0 Å². The van der Waals surface area contributed by atoms with Gasteiger partial charge in [-0.3, -0.25) is 9.59 Å². The van der Waals surface area contributed by atoms with Crippen molar-refractivity contribution in [3.63, 3.8) is 0 Å². The molecule has 2 N–H and O–H groups in total. The third-order valence-electron chi connectivity index (χ3n) is 6.38. The third-order valence-corrected chi connectivity index (χ3v) is 6.38. The average Bonchev–Trinajstić information content (AvgIpc) is 2.91. The summed E-state index contributed by atoms with van der Waals surface area (Å²) in [5.41, 5.74) is 2.04. The SMILES string of the molecule is CNc1ncnc(N2CCN(C(=O)c3ccc(N(CCN(C)C)C(=O)CCN(C)C)cc3)CC2)c1C=N. The molecule has 11 nitrogen and oxygen atoms in total. The molecule has 2 heterocycles. The van der Waals surface area contributed by atoms with Crippen LogP contribution in [0.3, 0.4) is 0 Å². The van der Waals surface area contributed by atoms with Crippen LogP contribution in [0.4, 0.5) is 17.3 Å². The second-order valence-corrected chi connectivity index (χ2v) is 9.58. The van der Waals surface area contributed by atoms with Crippen molar-refractivity contribution in [3.8, 4) is 0 Å². The second kappa shape index (κ2) is 13.1. The minimum absolute atomic E-state index is 0.0316. The lowest BCUT2D eigenvalue weighted by atomic mass is 10.1. The number of likely N-dealkylation sites (N-methyl/N-ethyl adjacent to an activating group) is 1. The minimum Gasteiger partial charge on any atom is -0.372 e. The molecule has 0 atom stereocenters. The van der Waals surface area contributed by atoms with E-state index < -0.39 is 0 Å². The summed E-state index contributed by atoms with van der Waals surface area (Å²) in [5.74, 6) is 1.35. The van der Waals surface area contributed by atoms with Crippen molar-refractivity contribution in [2.75, 3.05) is 96.2 Å². The lowest BCUT2D eigenvalue weighted by Crippen LogP contribution is -2.49. The number of carbonyl (C=O) groups is 2. The van der Waals surface area contributed by atoms with Gasteiger partial charge in [-0.15, -0.1) is 0 Å². The Labute approximate surface area is 219 Å². The molecule has 0 spiro atoms. The van der Waals surface area contributed by atoms with Gasteiger partial charge in [-0.2, -0.15) is 0 Å². The number of rotatable bonds is 11. The quantitative estimate of drug-likeness (QED) is 0.437. The van der Waals surface area contributed by atoms with E-state index in [1.165, 1.54) is 12.5 Å². The van der Waals surface area contributed by atoms with E-state index in [0.29, 0.717) is 68.5 Å². The molecule has 0 saturated carbocycles. The zero-order chi connectivity index (χ0) is 26.9. The molecule has 1 aromatic carbocycles. The van der Waals surface area contributed by atoms with Crippen LogP contribution in [-0.4, -0.2) is 124 Å². The van der Waals surface area contributed by atoms with Crippen molar-refractivity contribution in [2.45, 2.75) is 6.42 Å². The second-order valence-electron chi connectivity index (χ2n) is 9.58. The monoisotopic (exact) mass is 509 g/mol. The highest BCUT2D eigenvalue weighted by Gasteiger charge is 2.25. The molecule has 2 aromatic rings. The summed E-state index contributed by atoms with van der Waals surface area (Å²) in [4.78, 5) is 44.5. The van der Waals surface area contributed by atoms with Crippen LogP contribution in [0.25, 0.3) is 0 Å². The molecular weight excluding hydrogens is 470 g/mol. The van der Waals surface area contributed by atoms with Crippen LogP contribution in [0.15, 0.2) is 30.6 Å². The van der Waals surface area contributed by atoms with Crippen LogP contribution in [0.1, 0.15) is 22.3 Å². The minimum atomic E-state index is -0.0316. The van der Waals surface area contributed by atoms with Gasteiger partial charge in [0, 0.05) is 76.7 Å². The van der Waals surface area contributed by atoms with Gasteiger partial charge >= 0.3 is 0 Å². The summed E-state index contributed by atoms with van der Waals surface area (Å²) >= 11 is 0. The molecule has 2 amide bonds. The van der Waals surface area contributed by atoms with Gasteiger partial charge in [0.05, 0.1) is 5.56 Å². The zero-order valence-electron chi connectivity index (χ0n) is 22.6. The first-order chi connectivity index (χ1) is 17.7. The molecule has 0 radical (unpaired) electrons. The standard InChI is InChI=1S/C26H39N9O2/c1-28-24-22(18-27)25(30-19-29-24)33-13-15-34(16-14-33)26(37)20-6-8-21(9-7-20)35(17-12-32(4)5)23(36)10-11-31(2)3/h6-9,18-19,27H,10-17H2,1-5H3,(H,28,29,30). The molecule has 1 fully saturated rings. The van der Waals surface area contributed by atoms with E-state index in [4.69, 9.17) is 5.41 Å². The summed E-state index contributed by atoms with van der Waals surface area (Å²) < 4.78 is 0. The number of aromatic nitrogens is 2. The molecule has 0 aliphatic carbocycles. The predicted octanol–water partition coefficient (Wildman–Crippen LogP) is 1.32. The van der Waals surface area contributed by atoms with E-state index in [9.17, 15) is 9.59 Å². The molecule has 37 heavy (non-hydrogen) atoms. The maximum absolute atomic E-state index is 13.2. The topological polar surface area (TPSA) is 112 Å². The zero-order valence-corrected chi connectivity index (χ0v) is 22.6. The van der Waals surface area contributed by atoms with Crippen LogP contribution in [0.5, 0.6) is 0 Å². The Morgan fingerprint density at radius 3 is 2.19 bits per heavy atom. The Kier molecular flexibility index (Phi) is 9.93. The molecule has 1 saturated heterocycles. The van der Waals surface area contributed by atoms with Gasteiger partial charge in [-0.05, 0) is 52.5 Å². The lowest BCUT2D eigenvalue weighted by molar-refractivity contribution is -0.118. The summed E-state index contributed by atoms with van der Waals surface area (Å²) in [6, 6.07) is 7.35. The van der Waals surface area contributed by atoms with Crippen molar-refractivity contribution in [1.82, 2.24) is 24.7 Å². The molecule has 1 aromatic heterocycles. The van der Waals surface area contributed by atoms with E-state index in [0.717, 1.165) is 12.2 Å². The smallest absolute Gasteiger partial charge is 0.253 e. The molecule has 1 aliphatic heterocycles. The fraction of sp³-hybridized carbons (Fsp3) is 0.500. The van der Waals surface area contributed by atoms with Gasteiger partial charge in [0.25, 0.3) is 5.91 Å². The highest BCUT2D eigenvalue weighted by atomic mass is 16.2. The Morgan fingerprint density at radius 2 is 1.62 bits per heavy atom. The van der Waals surface area contributed by atoms with Crippen molar-refractivity contribution in [2.24, 2.45) is 0 Å². The first-order valence-corrected chi connectivity index (χ1v) is 12.5. The highest BCUT2D eigenvalue weighted by Crippen LogP contribution is 2.23. The number of piperazine rings is 1. The lowest BCUT2D eigenvalue weighted by Gasteiger charge is -2.36. The van der Waals surface area contributed by atoms with E-state index >= 15 is 0 Å². The Bertz CT molecular complexity index is 1060. The molecule has 11 heteroatoms. The molecule has 0 bridgehead atoms. The summed E-state index contributed by atoms with van der Waals surface area (Å²) in [5, 5.41) is 10.8. The van der Waals surface area contributed by atoms with Crippen molar-refractivity contribution in [3.05, 3.63) is 41.7 Å². The number of amides is 2. The Hall–Kier alpha value is -3.57. The van der Waals surface area contributed by atoms with E-state index in [1.54, 1.807) is 11.9 Å². The number of carbonyl (C=O) groups excluding carboxylic acids is 2. The fourth-order valence-electron chi connectivity index (χ4n) is 4.21. The van der Waals surface area contributed by atoms with Crippen molar-refractivity contribution >= 4 is 35.4 Å². The van der Waals surface area contributed by atoms with Crippen LogP contribution >= 0.6 is 0 Å². The maximum Gasteiger partial charge on any atom is 0.253 e.